The Balaban J connectivity index is 2.71. The van der Waals surface area contributed by atoms with Crippen LogP contribution in [0.3, 0.4) is 0 Å². The molecule has 3 nitrogen and oxygen atoms in total. The summed E-state index contributed by atoms with van der Waals surface area (Å²) in [5.74, 6) is 0.120. The van der Waals surface area contributed by atoms with Gasteiger partial charge in [0.25, 0.3) is 0 Å². The van der Waals surface area contributed by atoms with Gasteiger partial charge in [-0.1, -0.05) is 36.2 Å². The summed E-state index contributed by atoms with van der Waals surface area (Å²) in [6.45, 7) is 2.43. The van der Waals surface area contributed by atoms with Gasteiger partial charge in [-0.2, -0.15) is 0 Å². The van der Waals surface area contributed by atoms with Crippen molar-refractivity contribution in [2.45, 2.75) is 19.4 Å². The number of hydrogen-bond donors (Lipinski definition) is 1. The molecule has 0 radical (unpaired) electrons. The van der Waals surface area contributed by atoms with Crippen molar-refractivity contribution in [3.8, 4) is 0 Å². The fourth-order valence-corrected chi connectivity index (χ4v) is 2.71. The van der Waals surface area contributed by atoms with Gasteiger partial charge in [-0.3, -0.25) is 0 Å². The third-order valence-corrected chi connectivity index (χ3v) is 4.12. The van der Waals surface area contributed by atoms with Crippen molar-refractivity contribution in [2.75, 3.05) is 18.6 Å². The lowest BCUT2D eigenvalue weighted by atomic mass is 10.0. The number of hydrogen-bond acceptors (Lipinski definition) is 3. The van der Waals surface area contributed by atoms with Gasteiger partial charge < -0.3 is 5.32 Å². The van der Waals surface area contributed by atoms with E-state index in [4.69, 9.17) is 23.2 Å². The normalized spacial score (nSPS) is 13.6. The third kappa shape index (κ3) is 5.14. The first-order valence-corrected chi connectivity index (χ1v) is 8.51. The third-order valence-electron chi connectivity index (χ3n) is 2.61. The fourth-order valence-electron chi connectivity index (χ4n) is 1.68. The average molecular weight is 310 g/mol. The van der Waals surface area contributed by atoms with Gasteiger partial charge in [0.15, 0.2) is 0 Å². The van der Waals surface area contributed by atoms with E-state index in [-0.39, 0.29) is 11.8 Å². The van der Waals surface area contributed by atoms with E-state index in [1.54, 1.807) is 12.1 Å². The zero-order valence-electron chi connectivity index (χ0n) is 10.4. The van der Waals surface area contributed by atoms with Crippen LogP contribution in [0.25, 0.3) is 0 Å². The van der Waals surface area contributed by atoms with Gasteiger partial charge in [0.05, 0.1) is 5.75 Å². The van der Waals surface area contributed by atoms with Crippen LogP contribution in [-0.2, 0) is 9.84 Å². The summed E-state index contributed by atoms with van der Waals surface area (Å²) in [6, 6.07) is 5.38. The standard InChI is InChI=1S/C12H17Cl2NO2S/c1-3-12(15-6-7-18(2,16)17)10-5-4-9(13)8-11(10)14/h4-5,8,12,15H,3,6-7H2,1-2H3. The Morgan fingerprint density at radius 1 is 1.33 bits per heavy atom. The van der Waals surface area contributed by atoms with Crippen LogP contribution < -0.4 is 5.32 Å². The molecule has 0 fully saturated rings. The minimum atomic E-state index is -2.94. The Bertz CT molecular complexity index is 503. The number of nitrogens with one attached hydrogen (secondary N) is 1. The molecular formula is C12H17Cl2NO2S. The molecule has 1 N–H and O–H groups in total. The summed E-state index contributed by atoms with van der Waals surface area (Å²) >= 11 is 12.0. The molecule has 0 aliphatic heterocycles. The Labute approximate surface area is 118 Å². The van der Waals surface area contributed by atoms with Gasteiger partial charge in [-0.05, 0) is 24.1 Å². The summed E-state index contributed by atoms with van der Waals surface area (Å²) in [4.78, 5) is 0. The largest absolute Gasteiger partial charge is 0.309 e. The minimum absolute atomic E-state index is 0.0384. The minimum Gasteiger partial charge on any atom is -0.309 e. The van der Waals surface area contributed by atoms with Gasteiger partial charge in [0.1, 0.15) is 9.84 Å². The maximum Gasteiger partial charge on any atom is 0.148 e. The van der Waals surface area contributed by atoms with Crippen molar-refractivity contribution in [1.82, 2.24) is 5.32 Å². The predicted molar refractivity (Wildman–Crippen MR) is 77.2 cm³/mol. The Morgan fingerprint density at radius 3 is 2.50 bits per heavy atom. The summed E-state index contributed by atoms with van der Waals surface area (Å²) in [5, 5.41) is 4.39. The van der Waals surface area contributed by atoms with Crippen molar-refractivity contribution < 1.29 is 8.42 Å². The molecule has 1 aromatic carbocycles. The molecule has 1 atom stereocenters. The van der Waals surface area contributed by atoms with Gasteiger partial charge in [-0.25, -0.2) is 8.42 Å². The predicted octanol–water partition coefficient (Wildman–Crippen LogP) is 3.08. The van der Waals surface area contributed by atoms with Crippen molar-refractivity contribution in [3.63, 3.8) is 0 Å². The summed E-state index contributed by atoms with van der Waals surface area (Å²) in [7, 11) is -2.94. The zero-order chi connectivity index (χ0) is 13.8. The van der Waals surface area contributed by atoms with E-state index in [0.29, 0.717) is 16.6 Å². The second-order valence-electron chi connectivity index (χ2n) is 4.21. The molecule has 102 valence electrons. The summed E-state index contributed by atoms with van der Waals surface area (Å²) < 4.78 is 22.1. The van der Waals surface area contributed by atoms with Crippen molar-refractivity contribution >= 4 is 33.0 Å². The van der Waals surface area contributed by atoms with Crippen LogP contribution in [0.1, 0.15) is 24.9 Å². The molecule has 0 amide bonds. The lowest BCUT2D eigenvalue weighted by Crippen LogP contribution is -2.26. The lowest BCUT2D eigenvalue weighted by molar-refractivity contribution is 0.532. The highest BCUT2D eigenvalue weighted by Crippen LogP contribution is 2.27. The summed E-state index contributed by atoms with van der Waals surface area (Å²) in [6.07, 6.45) is 2.05. The average Bonchev–Trinajstić information content (AvgIpc) is 2.24. The summed E-state index contributed by atoms with van der Waals surface area (Å²) in [5.41, 5.74) is 0.942. The quantitative estimate of drug-likeness (QED) is 0.878. The second-order valence-corrected chi connectivity index (χ2v) is 7.31. The topological polar surface area (TPSA) is 46.2 Å². The molecule has 1 aromatic rings. The Kier molecular flexibility index (Phi) is 5.92. The number of sulfone groups is 1. The van der Waals surface area contributed by atoms with Crippen LogP contribution >= 0.6 is 23.2 Å². The molecule has 0 spiro atoms. The molecule has 18 heavy (non-hydrogen) atoms. The van der Waals surface area contributed by atoms with Gasteiger partial charge in [0, 0.05) is 28.9 Å². The first-order chi connectivity index (χ1) is 8.33. The van der Waals surface area contributed by atoms with E-state index in [0.717, 1.165) is 12.0 Å². The van der Waals surface area contributed by atoms with Crippen LogP contribution in [-0.4, -0.2) is 27.0 Å². The number of benzene rings is 1. The molecular weight excluding hydrogens is 293 g/mol. The van der Waals surface area contributed by atoms with Crippen LogP contribution in [0, 0.1) is 0 Å². The van der Waals surface area contributed by atoms with Crippen molar-refractivity contribution in [1.29, 1.82) is 0 Å². The molecule has 0 bridgehead atoms. The smallest absolute Gasteiger partial charge is 0.148 e. The highest BCUT2D eigenvalue weighted by Gasteiger charge is 2.13. The van der Waals surface area contributed by atoms with Crippen LogP contribution in [0.2, 0.25) is 10.0 Å². The van der Waals surface area contributed by atoms with E-state index >= 15 is 0 Å². The van der Waals surface area contributed by atoms with Crippen LogP contribution in [0.15, 0.2) is 18.2 Å². The lowest BCUT2D eigenvalue weighted by Gasteiger charge is -2.18. The number of halogens is 2. The van der Waals surface area contributed by atoms with Crippen LogP contribution in [0.5, 0.6) is 0 Å². The van der Waals surface area contributed by atoms with E-state index in [9.17, 15) is 8.42 Å². The maximum absolute atomic E-state index is 11.1. The molecule has 1 unspecified atom stereocenters. The van der Waals surface area contributed by atoms with Gasteiger partial charge in [0.2, 0.25) is 0 Å². The fraction of sp³-hybridized carbons (Fsp3) is 0.500. The molecule has 0 aromatic heterocycles. The zero-order valence-corrected chi connectivity index (χ0v) is 12.7. The molecule has 0 saturated heterocycles. The second kappa shape index (κ2) is 6.75. The Hall–Kier alpha value is -0.290. The van der Waals surface area contributed by atoms with Crippen molar-refractivity contribution in [3.05, 3.63) is 33.8 Å². The first kappa shape index (κ1) is 15.8. The first-order valence-electron chi connectivity index (χ1n) is 5.69. The highest BCUT2D eigenvalue weighted by molar-refractivity contribution is 7.90. The van der Waals surface area contributed by atoms with Crippen LogP contribution in [0.4, 0.5) is 0 Å². The molecule has 6 heteroatoms. The Morgan fingerprint density at radius 2 is 2.00 bits per heavy atom. The highest BCUT2D eigenvalue weighted by atomic mass is 35.5. The SMILES string of the molecule is CCC(NCCS(C)(=O)=O)c1ccc(Cl)cc1Cl. The molecule has 0 aliphatic rings. The van der Waals surface area contributed by atoms with Gasteiger partial charge >= 0.3 is 0 Å². The monoisotopic (exact) mass is 309 g/mol. The van der Waals surface area contributed by atoms with E-state index in [2.05, 4.69) is 5.32 Å². The van der Waals surface area contributed by atoms with E-state index in [1.807, 2.05) is 13.0 Å². The van der Waals surface area contributed by atoms with E-state index < -0.39 is 9.84 Å². The maximum atomic E-state index is 11.1. The van der Waals surface area contributed by atoms with Crippen molar-refractivity contribution in [2.24, 2.45) is 0 Å². The van der Waals surface area contributed by atoms with Gasteiger partial charge in [-0.15, -0.1) is 0 Å². The molecule has 1 rings (SSSR count). The van der Waals surface area contributed by atoms with E-state index in [1.165, 1.54) is 6.26 Å². The molecule has 0 saturated carbocycles. The molecule has 0 aliphatic carbocycles. The molecule has 0 heterocycles. The number of rotatable bonds is 6.